The minimum absolute atomic E-state index is 0.0805. The zero-order valence-corrected chi connectivity index (χ0v) is 15.5. The number of benzene rings is 2. The number of nitro groups is 1. The molecule has 1 N–H and O–H groups in total. The Labute approximate surface area is 162 Å². The molecule has 0 spiro atoms. The Bertz CT molecular complexity index is 966. The number of aliphatic carboxylic acids is 1. The third-order valence-corrected chi connectivity index (χ3v) is 4.74. The summed E-state index contributed by atoms with van der Waals surface area (Å²) >= 11 is 0. The molecule has 7 heteroatoms. The molecule has 3 rings (SSSR count). The van der Waals surface area contributed by atoms with E-state index in [0.717, 1.165) is 5.56 Å². The first-order valence-electron chi connectivity index (χ1n) is 8.78. The molecule has 0 bridgehead atoms. The number of nitrogens with zero attached hydrogens (tertiary/aromatic N) is 2. The summed E-state index contributed by atoms with van der Waals surface area (Å²) in [6.45, 7) is 3.38. The van der Waals surface area contributed by atoms with Gasteiger partial charge in [0.1, 0.15) is 12.4 Å². The van der Waals surface area contributed by atoms with Crippen molar-refractivity contribution in [3.8, 4) is 5.75 Å². The largest absolute Gasteiger partial charge is 0.489 e. The highest BCUT2D eigenvalue weighted by Gasteiger charge is 2.45. The topological polar surface area (TPSA) is 102 Å². The molecule has 28 heavy (non-hydrogen) atoms. The Hall–Kier alpha value is -3.48. The number of para-hydroxylation sites is 1. The van der Waals surface area contributed by atoms with E-state index in [2.05, 4.69) is 4.99 Å². The van der Waals surface area contributed by atoms with Crippen LogP contribution in [-0.4, -0.2) is 27.8 Å². The molecule has 0 radical (unpaired) electrons. The first-order valence-corrected chi connectivity index (χ1v) is 8.78. The lowest BCUT2D eigenvalue weighted by molar-refractivity contribution is -0.505. The summed E-state index contributed by atoms with van der Waals surface area (Å²) in [7, 11) is 0. The summed E-state index contributed by atoms with van der Waals surface area (Å²) in [4.78, 5) is 27.3. The lowest BCUT2D eigenvalue weighted by Crippen LogP contribution is -2.39. The van der Waals surface area contributed by atoms with Crippen LogP contribution in [0.3, 0.4) is 0 Å². The van der Waals surface area contributed by atoms with E-state index in [1.807, 2.05) is 30.3 Å². The van der Waals surface area contributed by atoms with Crippen LogP contribution in [0.1, 0.15) is 30.9 Å². The van der Waals surface area contributed by atoms with E-state index in [0.29, 0.717) is 11.3 Å². The Kier molecular flexibility index (Phi) is 5.54. The second kappa shape index (κ2) is 8.04. The molecule has 1 aliphatic rings. The molecule has 144 valence electrons. The SMILES string of the molecule is CC1=NC(C)=C(C(=O)O)C(c2ccccc2OCc2ccccc2)C1[N+](=O)[O-]. The maximum atomic E-state index is 11.9. The average Bonchev–Trinajstić information content (AvgIpc) is 2.66. The fraction of sp³-hybridized carbons (Fsp3) is 0.238. The molecule has 1 heterocycles. The van der Waals surface area contributed by atoms with Crippen LogP contribution in [0, 0.1) is 10.1 Å². The molecule has 2 unspecified atom stereocenters. The molecule has 1 aliphatic heterocycles. The van der Waals surface area contributed by atoms with Gasteiger partial charge in [0.25, 0.3) is 6.04 Å². The van der Waals surface area contributed by atoms with Gasteiger partial charge in [-0.3, -0.25) is 15.1 Å². The smallest absolute Gasteiger partial charge is 0.334 e. The number of rotatable bonds is 6. The van der Waals surface area contributed by atoms with Gasteiger partial charge in [0.2, 0.25) is 0 Å². The Balaban J connectivity index is 2.05. The van der Waals surface area contributed by atoms with Crippen molar-refractivity contribution in [1.29, 1.82) is 0 Å². The van der Waals surface area contributed by atoms with E-state index in [-0.39, 0.29) is 23.6 Å². The van der Waals surface area contributed by atoms with Gasteiger partial charge in [-0.2, -0.15) is 0 Å². The number of carboxylic acid groups (broad SMARTS) is 1. The van der Waals surface area contributed by atoms with E-state index in [4.69, 9.17) is 4.74 Å². The fourth-order valence-electron chi connectivity index (χ4n) is 3.51. The van der Waals surface area contributed by atoms with Crippen LogP contribution in [0.5, 0.6) is 5.75 Å². The van der Waals surface area contributed by atoms with Crippen LogP contribution in [0.4, 0.5) is 0 Å². The average molecular weight is 380 g/mol. The molecule has 2 aromatic rings. The van der Waals surface area contributed by atoms with Crippen LogP contribution in [-0.2, 0) is 11.4 Å². The van der Waals surface area contributed by atoms with Gasteiger partial charge in [-0.15, -0.1) is 0 Å². The van der Waals surface area contributed by atoms with Gasteiger partial charge in [-0.05, 0) is 25.5 Å². The van der Waals surface area contributed by atoms with Crippen LogP contribution < -0.4 is 4.74 Å². The second-order valence-electron chi connectivity index (χ2n) is 6.58. The second-order valence-corrected chi connectivity index (χ2v) is 6.58. The molecule has 7 nitrogen and oxygen atoms in total. The number of carbonyl (C=O) groups is 1. The maximum absolute atomic E-state index is 11.9. The third-order valence-electron chi connectivity index (χ3n) is 4.74. The summed E-state index contributed by atoms with van der Waals surface area (Å²) in [6, 6.07) is 15.1. The van der Waals surface area contributed by atoms with Gasteiger partial charge in [-0.25, -0.2) is 4.79 Å². The highest BCUT2D eigenvalue weighted by molar-refractivity contribution is 5.97. The monoisotopic (exact) mass is 380 g/mol. The van der Waals surface area contributed by atoms with Crippen molar-refractivity contribution in [2.45, 2.75) is 32.4 Å². The molecule has 2 aromatic carbocycles. The maximum Gasteiger partial charge on any atom is 0.334 e. The third kappa shape index (κ3) is 3.78. The van der Waals surface area contributed by atoms with Crippen molar-refractivity contribution >= 4 is 11.7 Å². The van der Waals surface area contributed by atoms with Crippen molar-refractivity contribution < 1.29 is 19.6 Å². The zero-order chi connectivity index (χ0) is 20.3. The highest BCUT2D eigenvalue weighted by Crippen LogP contribution is 2.40. The molecule has 0 amide bonds. The van der Waals surface area contributed by atoms with Gasteiger partial charge in [-0.1, -0.05) is 48.5 Å². The van der Waals surface area contributed by atoms with Crippen LogP contribution in [0.15, 0.2) is 70.9 Å². The van der Waals surface area contributed by atoms with E-state index >= 15 is 0 Å². The van der Waals surface area contributed by atoms with Gasteiger partial charge in [0.15, 0.2) is 0 Å². The van der Waals surface area contributed by atoms with Crippen molar-refractivity contribution in [2.24, 2.45) is 4.99 Å². The highest BCUT2D eigenvalue weighted by atomic mass is 16.6. The van der Waals surface area contributed by atoms with E-state index in [9.17, 15) is 20.0 Å². The first-order chi connectivity index (χ1) is 13.4. The minimum atomic E-state index is -1.27. The number of allylic oxidation sites excluding steroid dienone is 1. The van der Waals surface area contributed by atoms with Gasteiger partial charge in [0.05, 0.1) is 17.2 Å². The Morgan fingerprint density at radius 3 is 2.43 bits per heavy atom. The quantitative estimate of drug-likeness (QED) is 0.606. The van der Waals surface area contributed by atoms with Crippen molar-refractivity contribution in [2.75, 3.05) is 0 Å². The zero-order valence-electron chi connectivity index (χ0n) is 15.5. The van der Waals surface area contributed by atoms with Crippen LogP contribution >= 0.6 is 0 Å². The van der Waals surface area contributed by atoms with Crippen molar-refractivity contribution in [1.82, 2.24) is 0 Å². The standard InChI is InChI=1S/C21H20N2O5/c1-13-18(21(24)25)19(20(23(26)27)14(2)22-13)16-10-6-7-11-17(16)28-12-15-8-4-3-5-9-15/h3-11,19-20H,12H2,1-2H3,(H,24,25). The minimum Gasteiger partial charge on any atom is -0.489 e. The molecular formula is C21H20N2O5. The van der Waals surface area contributed by atoms with Crippen LogP contribution in [0.25, 0.3) is 0 Å². The van der Waals surface area contributed by atoms with E-state index in [1.165, 1.54) is 0 Å². The summed E-state index contributed by atoms with van der Waals surface area (Å²) < 4.78 is 5.93. The summed E-state index contributed by atoms with van der Waals surface area (Å²) in [6.07, 6.45) is 0. The number of carboxylic acids is 1. The van der Waals surface area contributed by atoms with Crippen molar-refractivity contribution in [3.63, 3.8) is 0 Å². The molecule has 0 aliphatic carbocycles. The van der Waals surface area contributed by atoms with E-state index < -0.39 is 22.9 Å². The summed E-state index contributed by atoms with van der Waals surface area (Å²) in [5.74, 6) is -1.79. The fourth-order valence-corrected chi connectivity index (χ4v) is 3.51. The Morgan fingerprint density at radius 2 is 1.79 bits per heavy atom. The number of hydrogen-bond donors (Lipinski definition) is 1. The van der Waals surface area contributed by atoms with Gasteiger partial charge < -0.3 is 9.84 Å². The molecular weight excluding hydrogens is 360 g/mol. The van der Waals surface area contributed by atoms with Gasteiger partial charge >= 0.3 is 5.97 Å². The molecule has 0 fully saturated rings. The predicted octanol–water partition coefficient (Wildman–Crippen LogP) is 3.83. The summed E-state index contributed by atoms with van der Waals surface area (Å²) in [5, 5.41) is 21.5. The molecule has 2 atom stereocenters. The molecule has 0 aromatic heterocycles. The normalized spacial score (nSPS) is 19.1. The summed E-state index contributed by atoms with van der Waals surface area (Å²) in [5.41, 5.74) is 1.87. The number of aliphatic imine (C=N–C) groups is 1. The predicted molar refractivity (Wildman–Crippen MR) is 104 cm³/mol. The van der Waals surface area contributed by atoms with Gasteiger partial charge in [0, 0.05) is 16.2 Å². The lowest BCUT2D eigenvalue weighted by atomic mass is 9.80. The van der Waals surface area contributed by atoms with Crippen molar-refractivity contribution in [3.05, 3.63) is 87.1 Å². The van der Waals surface area contributed by atoms with E-state index in [1.54, 1.807) is 38.1 Å². The number of hydrogen-bond acceptors (Lipinski definition) is 5. The molecule has 0 saturated carbocycles. The van der Waals surface area contributed by atoms with Crippen LogP contribution in [0.2, 0.25) is 0 Å². The Morgan fingerprint density at radius 1 is 1.14 bits per heavy atom. The lowest BCUT2D eigenvalue weighted by Gasteiger charge is -2.28. The number of ether oxygens (including phenoxy) is 1. The first kappa shape index (κ1) is 19.3. The molecule has 0 saturated heterocycles.